The van der Waals surface area contributed by atoms with Gasteiger partial charge in [-0.25, -0.2) is 0 Å². The molecule has 6 saturated carbocycles. The maximum absolute atomic E-state index is 2.74. The molecule has 0 heterocycles. The van der Waals surface area contributed by atoms with Gasteiger partial charge in [0, 0.05) is 0 Å². The SMILES string of the molecule is CC1CC(C2CCCCC2)CC1C1CCCCC1.CCCCC1C(C)CC2CCCC2C1(C)CCC1CCCCC1. The van der Waals surface area contributed by atoms with Crippen LogP contribution in [-0.2, 0) is 0 Å². The zero-order valence-corrected chi connectivity index (χ0v) is 28.7. The first kappa shape index (κ1) is 32.4. The van der Waals surface area contributed by atoms with Crippen LogP contribution in [0.2, 0.25) is 0 Å². The number of hydrogen-bond donors (Lipinski definition) is 0. The quantitative estimate of drug-likeness (QED) is 0.274. The predicted molar refractivity (Wildman–Crippen MR) is 180 cm³/mol. The summed E-state index contributed by atoms with van der Waals surface area (Å²) in [6.07, 6.45) is 39.9. The Morgan fingerprint density at radius 2 is 1.12 bits per heavy atom. The molecule has 0 radical (unpaired) electrons. The minimum absolute atomic E-state index is 0.672. The first-order valence-corrected chi connectivity index (χ1v) is 20.0. The van der Waals surface area contributed by atoms with E-state index in [2.05, 4.69) is 27.7 Å². The van der Waals surface area contributed by atoms with Crippen molar-refractivity contribution >= 4 is 0 Å². The Kier molecular flexibility index (Phi) is 12.5. The summed E-state index contributed by atoms with van der Waals surface area (Å²) in [5.74, 6) is 10.7. The van der Waals surface area contributed by atoms with Crippen LogP contribution in [0.15, 0.2) is 0 Å². The number of rotatable bonds is 8. The molecule has 8 unspecified atom stereocenters. The molecule has 0 N–H and O–H groups in total. The number of fused-ring (bicyclic) bond motifs is 1. The van der Waals surface area contributed by atoms with Crippen molar-refractivity contribution in [2.45, 2.75) is 195 Å². The van der Waals surface area contributed by atoms with Gasteiger partial charge in [0.15, 0.2) is 0 Å². The van der Waals surface area contributed by atoms with Gasteiger partial charge in [0.2, 0.25) is 0 Å². The third-order valence-electron chi connectivity index (χ3n) is 15.0. The molecule has 0 aromatic carbocycles. The standard InChI is InChI=1S/C23H42.C18H32/c1-4-5-13-21-18(2)17-20-12-9-14-22(20)23(21,3)16-15-19-10-7-6-8-11-19;1-14-12-17(15-8-4-2-5-9-15)13-18(14)16-10-6-3-7-11-16/h18-22H,4-17H2,1-3H3;14-18H,2-13H2,1H3. The van der Waals surface area contributed by atoms with E-state index in [4.69, 9.17) is 0 Å². The highest BCUT2D eigenvalue weighted by Crippen LogP contribution is 2.60. The van der Waals surface area contributed by atoms with E-state index in [0.717, 1.165) is 59.2 Å². The van der Waals surface area contributed by atoms with Crippen molar-refractivity contribution in [2.24, 2.45) is 64.6 Å². The first-order chi connectivity index (χ1) is 20.0. The topological polar surface area (TPSA) is 0 Å². The molecular weight excluding hydrogens is 492 g/mol. The molecule has 0 saturated heterocycles. The van der Waals surface area contributed by atoms with Crippen molar-refractivity contribution in [1.82, 2.24) is 0 Å². The van der Waals surface area contributed by atoms with Crippen LogP contribution in [0, 0.1) is 64.6 Å². The fourth-order valence-electron chi connectivity index (χ4n) is 12.7. The summed E-state index contributed by atoms with van der Waals surface area (Å²) in [6.45, 7) is 10.3. The third kappa shape index (κ3) is 8.19. The second-order valence-electron chi connectivity index (χ2n) is 17.5. The number of unbranched alkanes of at least 4 members (excludes halogenated alkanes) is 1. The molecule has 0 aromatic heterocycles. The summed E-state index contributed by atoms with van der Waals surface area (Å²) < 4.78 is 0. The van der Waals surface area contributed by atoms with E-state index in [1.807, 2.05) is 0 Å². The van der Waals surface area contributed by atoms with Crippen molar-refractivity contribution in [3.8, 4) is 0 Å². The highest BCUT2D eigenvalue weighted by Gasteiger charge is 2.51. The molecule has 8 atom stereocenters. The van der Waals surface area contributed by atoms with Crippen molar-refractivity contribution in [2.75, 3.05) is 0 Å². The van der Waals surface area contributed by atoms with Gasteiger partial charge in [0.1, 0.15) is 0 Å². The molecule has 0 spiro atoms. The molecule has 0 aliphatic heterocycles. The largest absolute Gasteiger partial charge is 0.0654 e. The highest BCUT2D eigenvalue weighted by molar-refractivity contribution is 5.01. The maximum atomic E-state index is 2.74. The van der Waals surface area contributed by atoms with Crippen LogP contribution in [0.3, 0.4) is 0 Å². The van der Waals surface area contributed by atoms with Crippen LogP contribution in [0.4, 0.5) is 0 Å². The van der Waals surface area contributed by atoms with E-state index in [9.17, 15) is 0 Å². The summed E-state index contributed by atoms with van der Waals surface area (Å²) in [6, 6.07) is 0. The monoisotopic (exact) mass is 567 g/mol. The van der Waals surface area contributed by atoms with Gasteiger partial charge in [-0.15, -0.1) is 0 Å². The second-order valence-corrected chi connectivity index (χ2v) is 17.5. The Balaban J connectivity index is 0.000000169. The molecule has 6 aliphatic carbocycles. The normalized spacial score (nSPS) is 41.1. The van der Waals surface area contributed by atoms with Crippen molar-refractivity contribution in [3.63, 3.8) is 0 Å². The van der Waals surface area contributed by atoms with Crippen LogP contribution < -0.4 is 0 Å². The van der Waals surface area contributed by atoms with Gasteiger partial charge in [0.05, 0.1) is 0 Å². The van der Waals surface area contributed by atoms with E-state index in [0.29, 0.717) is 5.41 Å². The lowest BCUT2D eigenvalue weighted by atomic mass is 9.52. The average molecular weight is 567 g/mol. The molecule has 0 amide bonds. The van der Waals surface area contributed by atoms with E-state index in [1.54, 1.807) is 83.5 Å². The van der Waals surface area contributed by atoms with Crippen LogP contribution in [-0.4, -0.2) is 0 Å². The third-order valence-corrected chi connectivity index (χ3v) is 15.0. The smallest absolute Gasteiger partial charge is 0.0264 e. The van der Waals surface area contributed by atoms with Gasteiger partial charge >= 0.3 is 0 Å². The summed E-state index contributed by atoms with van der Waals surface area (Å²) >= 11 is 0. The number of hydrogen-bond acceptors (Lipinski definition) is 0. The Morgan fingerprint density at radius 1 is 0.537 bits per heavy atom. The van der Waals surface area contributed by atoms with Gasteiger partial charge in [-0.05, 0) is 110 Å². The minimum atomic E-state index is 0.672. The molecule has 0 heteroatoms. The molecule has 6 fully saturated rings. The fourth-order valence-corrected chi connectivity index (χ4v) is 12.7. The van der Waals surface area contributed by atoms with Crippen molar-refractivity contribution in [1.29, 1.82) is 0 Å². The molecule has 6 aliphatic rings. The fraction of sp³-hybridized carbons (Fsp3) is 1.00. The van der Waals surface area contributed by atoms with E-state index < -0.39 is 0 Å². The van der Waals surface area contributed by atoms with Crippen LogP contribution in [0.1, 0.15) is 195 Å². The molecule has 0 aromatic rings. The molecule has 0 nitrogen and oxygen atoms in total. The summed E-state index contributed by atoms with van der Waals surface area (Å²) in [7, 11) is 0. The van der Waals surface area contributed by atoms with E-state index >= 15 is 0 Å². The van der Waals surface area contributed by atoms with Gasteiger partial charge in [-0.1, -0.05) is 150 Å². The average Bonchev–Trinajstić information content (AvgIpc) is 3.65. The molecule has 0 bridgehead atoms. The maximum Gasteiger partial charge on any atom is -0.0264 e. The van der Waals surface area contributed by atoms with Gasteiger partial charge in [-0.2, -0.15) is 0 Å². The molecular formula is C41H74. The summed E-state index contributed by atoms with van der Waals surface area (Å²) in [5, 5.41) is 0. The van der Waals surface area contributed by atoms with Crippen molar-refractivity contribution in [3.05, 3.63) is 0 Å². The van der Waals surface area contributed by atoms with E-state index in [-0.39, 0.29) is 0 Å². The summed E-state index contributed by atoms with van der Waals surface area (Å²) in [5.41, 5.74) is 0.672. The first-order valence-electron chi connectivity index (χ1n) is 20.0. The lowest BCUT2D eigenvalue weighted by Crippen LogP contribution is -2.45. The molecule has 41 heavy (non-hydrogen) atoms. The Bertz CT molecular complexity index is 720. The molecule has 6 rings (SSSR count). The second kappa shape index (κ2) is 15.8. The lowest BCUT2D eigenvalue weighted by molar-refractivity contribution is -0.0408. The van der Waals surface area contributed by atoms with Gasteiger partial charge in [-0.3, -0.25) is 0 Å². The zero-order valence-electron chi connectivity index (χ0n) is 28.7. The van der Waals surface area contributed by atoms with Crippen LogP contribution in [0.25, 0.3) is 0 Å². The molecule has 238 valence electrons. The predicted octanol–water partition coefficient (Wildman–Crippen LogP) is 13.4. The highest BCUT2D eigenvalue weighted by atomic mass is 14.6. The van der Waals surface area contributed by atoms with Gasteiger partial charge < -0.3 is 0 Å². The van der Waals surface area contributed by atoms with Gasteiger partial charge in [0.25, 0.3) is 0 Å². The zero-order chi connectivity index (χ0) is 28.7. The minimum Gasteiger partial charge on any atom is -0.0654 e. The van der Waals surface area contributed by atoms with Crippen LogP contribution in [0.5, 0.6) is 0 Å². The van der Waals surface area contributed by atoms with Crippen LogP contribution >= 0.6 is 0 Å². The Labute approximate surface area is 258 Å². The van der Waals surface area contributed by atoms with E-state index in [1.165, 1.54) is 83.5 Å². The Hall–Kier alpha value is 0. The lowest BCUT2D eigenvalue weighted by Gasteiger charge is -2.53. The van der Waals surface area contributed by atoms with Crippen molar-refractivity contribution < 1.29 is 0 Å². The Morgan fingerprint density at radius 3 is 1.78 bits per heavy atom. The summed E-state index contributed by atoms with van der Waals surface area (Å²) in [4.78, 5) is 0.